The second-order valence-corrected chi connectivity index (χ2v) is 7.63. The largest absolute Gasteiger partial charge is 0.308 e. The zero-order chi connectivity index (χ0) is 18.4. The first-order chi connectivity index (χ1) is 12.7. The lowest BCUT2D eigenvalue weighted by atomic mass is 9.95. The summed E-state index contributed by atoms with van der Waals surface area (Å²) in [4.78, 5) is 7.33. The topological polar surface area (TPSA) is 28.2 Å². The molecule has 0 saturated carbocycles. The summed E-state index contributed by atoms with van der Waals surface area (Å²) in [6.07, 6.45) is 6.87. The molecule has 3 rings (SSSR count). The number of hydrogen-bond donors (Lipinski definition) is 1. The Hall–Kier alpha value is -1.71. The van der Waals surface area contributed by atoms with Crippen molar-refractivity contribution in [2.24, 2.45) is 0 Å². The van der Waals surface area contributed by atoms with Crippen LogP contribution < -0.4 is 5.32 Å². The van der Waals surface area contributed by atoms with Gasteiger partial charge in [-0.3, -0.25) is 9.88 Å². The van der Waals surface area contributed by atoms with Crippen molar-refractivity contribution in [3.63, 3.8) is 0 Å². The Kier molecular flexibility index (Phi) is 6.81. The first-order valence-electron chi connectivity index (χ1n) is 10.1. The van der Waals surface area contributed by atoms with Gasteiger partial charge in [-0.2, -0.15) is 0 Å². The third-order valence-corrected chi connectivity index (χ3v) is 5.66. The SMILES string of the molecule is CCCCCN(C[C@H]1Cc2ccccc2CN1)[C@H](C)c1ncccc1C. The fourth-order valence-corrected chi connectivity index (χ4v) is 4.05. The number of aromatic nitrogens is 1. The van der Waals surface area contributed by atoms with Crippen molar-refractivity contribution < 1.29 is 0 Å². The Balaban J connectivity index is 1.71. The van der Waals surface area contributed by atoms with Crippen LogP contribution in [0.2, 0.25) is 0 Å². The van der Waals surface area contributed by atoms with E-state index in [1.165, 1.54) is 41.6 Å². The van der Waals surface area contributed by atoms with Crippen molar-refractivity contribution in [3.8, 4) is 0 Å². The van der Waals surface area contributed by atoms with E-state index in [-0.39, 0.29) is 0 Å². The highest BCUT2D eigenvalue weighted by Gasteiger charge is 2.24. The standard InChI is InChI=1S/C23H33N3/c1-4-5-8-14-26(19(3)23-18(2)10-9-13-24-23)17-22-15-20-11-6-7-12-21(20)16-25-22/h6-7,9-13,19,22,25H,4-5,8,14-17H2,1-3H3/t19-,22-/m1/s1. The highest BCUT2D eigenvalue weighted by atomic mass is 15.2. The predicted octanol–water partition coefficient (Wildman–Crippen LogP) is 4.66. The number of unbranched alkanes of at least 4 members (excludes halogenated alkanes) is 2. The van der Waals surface area contributed by atoms with Gasteiger partial charge in [0.2, 0.25) is 0 Å². The number of hydrogen-bond acceptors (Lipinski definition) is 3. The zero-order valence-electron chi connectivity index (χ0n) is 16.5. The lowest BCUT2D eigenvalue weighted by molar-refractivity contribution is 0.176. The van der Waals surface area contributed by atoms with Gasteiger partial charge in [0, 0.05) is 31.4 Å². The quantitative estimate of drug-likeness (QED) is 0.701. The smallest absolute Gasteiger partial charge is 0.0601 e. The van der Waals surface area contributed by atoms with E-state index in [0.717, 1.165) is 26.1 Å². The van der Waals surface area contributed by atoms with Crippen LogP contribution in [0.25, 0.3) is 0 Å². The van der Waals surface area contributed by atoms with Gasteiger partial charge in [0.25, 0.3) is 0 Å². The van der Waals surface area contributed by atoms with E-state index in [1.807, 2.05) is 12.3 Å². The summed E-state index contributed by atoms with van der Waals surface area (Å²) in [5.74, 6) is 0. The molecule has 0 spiro atoms. The maximum absolute atomic E-state index is 4.69. The molecule has 140 valence electrons. The number of aryl methyl sites for hydroxylation is 1. The fourth-order valence-electron chi connectivity index (χ4n) is 4.05. The maximum atomic E-state index is 4.69. The van der Waals surface area contributed by atoms with E-state index >= 15 is 0 Å². The lowest BCUT2D eigenvalue weighted by Crippen LogP contribution is -2.45. The van der Waals surface area contributed by atoms with Crippen LogP contribution in [0, 0.1) is 6.92 Å². The van der Waals surface area contributed by atoms with Gasteiger partial charge in [-0.25, -0.2) is 0 Å². The number of rotatable bonds is 8. The van der Waals surface area contributed by atoms with Crippen LogP contribution in [0.4, 0.5) is 0 Å². The van der Waals surface area contributed by atoms with Crippen LogP contribution in [0.3, 0.4) is 0 Å². The number of nitrogens with zero attached hydrogens (tertiary/aromatic N) is 2. The van der Waals surface area contributed by atoms with Gasteiger partial charge in [-0.05, 0) is 56.0 Å². The number of nitrogens with one attached hydrogen (secondary N) is 1. The molecule has 0 bridgehead atoms. The Morgan fingerprint density at radius 1 is 1.15 bits per heavy atom. The van der Waals surface area contributed by atoms with E-state index in [2.05, 4.69) is 61.3 Å². The third-order valence-electron chi connectivity index (χ3n) is 5.66. The van der Waals surface area contributed by atoms with Crippen LogP contribution >= 0.6 is 0 Å². The summed E-state index contributed by atoms with van der Waals surface area (Å²) in [6, 6.07) is 13.9. The van der Waals surface area contributed by atoms with Gasteiger partial charge in [0.05, 0.1) is 5.69 Å². The van der Waals surface area contributed by atoms with Crippen molar-refractivity contribution in [2.75, 3.05) is 13.1 Å². The second kappa shape index (κ2) is 9.29. The van der Waals surface area contributed by atoms with Gasteiger partial charge < -0.3 is 5.32 Å². The first kappa shape index (κ1) is 19.1. The first-order valence-corrected chi connectivity index (χ1v) is 10.1. The summed E-state index contributed by atoms with van der Waals surface area (Å²) in [5, 5.41) is 3.76. The van der Waals surface area contributed by atoms with Gasteiger partial charge in [0.15, 0.2) is 0 Å². The molecule has 1 N–H and O–H groups in total. The van der Waals surface area contributed by atoms with E-state index < -0.39 is 0 Å². The highest BCUT2D eigenvalue weighted by Crippen LogP contribution is 2.24. The lowest BCUT2D eigenvalue weighted by Gasteiger charge is -2.35. The highest BCUT2D eigenvalue weighted by molar-refractivity contribution is 5.30. The molecule has 1 aliphatic heterocycles. The average molecular weight is 352 g/mol. The van der Waals surface area contributed by atoms with Crippen LogP contribution in [0.15, 0.2) is 42.6 Å². The monoisotopic (exact) mass is 351 g/mol. The summed E-state index contributed by atoms with van der Waals surface area (Å²) >= 11 is 0. The molecule has 3 heteroatoms. The minimum atomic E-state index is 0.354. The maximum Gasteiger partial charge on any atom is 0.0601 e. The molecule has 0 amide bonds. The van der Waals surface area contributed by atoms with Gasteiger partial charge in [-0.1, -0.05) is 50.1 Å². The van der Waals surface area contributed by atoms with E-state index in [9.17, 15) is 0 Å². The van der Waals surface area contributed by atoms with Gasteiger partial charge >= 0.3 is 0 Å². The molecule has 0 aliphatic carbocycles. The molecule has 0 radical (unpaired) electrons. The van der Waals surface area contributed by atoms with Crippen LogP contribution in [-0.2, 0) is 13.0 Å². The summed E-state index contributed by atoms with van der Waals surface area (Å²) in [7, 11) is 0. The summed E-state index contributed by atoms with van der Waals surface area (Å²) < 4.78 is 0. The summed E-state index contributed by atoms with van der Waals surface area (Å²) in [6.45, 7) is 9.98. The minimum absolute atomic E-state index is 0.354. The molecular formula is C23H33N3. The molecule has 26 heavy (non-hydrogen) atoms. The molecule has 2 heterocycles. The van der Waals surface area contributed by atoms with Crippen LogP contribution in [0.5, 0.6) is 0 Å². The molecule has 2 atom stereocenters. The van der Waals surface area contributed by atoms with Crippen molar-refractivity contribution in [3.05, 3.63) is 65.0 Å². The Morgan fingerprint density at radius 3 is 2.73 bits per heavy atom. The third kappa shape index (κ3) is 4.72. The number of pyridine rings is 1. The number of benzene rings is 1. The van der Waals surface area contributed by atoms with E-state index in [0.29, 0.717) is 12.1 Å². The van der Waals surface area contributed by atoms with Crippen LogP contribution in [0.1, 0.15) is 61.5 Å². The molecule has 1 aromatic carbocycles. The summed E-state index contributed by atoms with van der Waals surface area (Å²) in [5.41, 5.74) is 5.48. The Bertz CT molecular complexity index is 697. The zero-order valence-corrected chi connectivity index (χ0v) is 16.5. The molecule has 0 unspecified atom stereocenters. The molecular weight excluding hydrogens is 318 g/mol. The van der Waals surface area contributed by atoms with Crippen molar-refractivity contribution in [1.82, 2.24) is 15.2 Å². The Morgan fingerprint density at radius 2 is 1.96 bits per heavy atom. The molecule has 1 aromatic heterocycles. The fraction of sp³-hybridized carbons (Fsp3) is 0.522. The molecule has 1 aliphatic rings. The molecule has 0 saturated heterocycles. The molecule has 3 nitrogen and oxygen atoms in total. The normalized spacial score (nSPS) is 17.9. The van der Waals surface area contributed by atoms with Crippen molar-refractivity contribution in [2.45, 2.75) is 65.1 Å². The van der Waals surface area contributed by atoms with Gasteiger partial charge in [0.1, 0.15) is 0 Å². The predicted molar refractivity (Wildman–Crippen MR) is 109 cm³/mol. The number of fused-ring (bicyclic) bond motifs is 1. The average Bonchev–Trinajstić information content (AvgIpc) is 2.67. The molecule has 2 aromatic rings. The Labute approximate surface area is 158 Å². The van der Waals surface area contributed by atoms with Crippen molar-refractivity contribution >= 4 is 0 Å². The van der Waals surface area contributed by atoms with Gasteiger partial charge in [-0.15, -0.1) is 0 Å². The van der Waals surface area contributed by atoms with E-state index in [1.54, 1.807) is 0 Å². The van der Waals surface area contributed by atoms with Crippen LogP contribution in [-0.4, -0.2) is 29.0 Å². The van der Waals surface area contributed by atoms with Crippen molar-refractivity contribution in [1.29, 1.82) is 0 Å². The molecule has 0 fully saturated rings. The minimum Gasteiger partial charge on any atom is -0.308 e. The van der Waals surface area contributed by atoms with E-state index in [4.69, 9.17) is 4.98 Å². The second-order valence-electron chi connectivity index (χ2n) is 7.63.